The number of morpholine rings is 1. The number of carbonyl (C=O) groups is 1. The lowest BCUT2D eigenvalue weighted by Crippen LogP contribution is -2.56. The Morgan fingerprint density at radius 2 is 1.70 bits per heavy atom. The number of hydrogen-bond acceptors (Lipinski definition) is 5. The van der Waals surface area contributed by atoms with Crippen molar-refractivity contribution in [1.29, 1.82) is 5.26 Å². The fourth-order valence-corrected chi connectivity index (χ4v) is 6.05. The van der Waals surface area contributed by atoms with E-state index in [4.69, 9.17) is 4.74 Å². The summed E-state index contributed by atoms with van der Waals surface area (Å²) in [5.41, 5.74) is -2.65. The van der Waals surface area contributed by atoms with E-state index in [-0.39, 0.29) is 37.4 Å². The van der Waals surface area contributed by atoms with Gasteiger partial charge in [-0.05, 0) is 56.7 Å². The summed E-state index contributed by atoms with van der Waals surface area (Å²) in [6.45, 7) is 0.602. The van der Waals surface area contributed by atoms with Crippen LogP contribution >= 0.6 is 0 Å². The van der Waals surface area contributed by atoms with Crippen LogP contribution in [0, 0.1) is 16.7 Å². The molecule has 1 amide bonds. The van der Waals surface area contributed by atoms with Gasteiger partial charge in [0.25, 0.3) is 5.91 Å². The van der Waals surface area contributed by atoms with Gasteiger partial charge in [-0.2, -0.15) is 31.2 Å². The maximum atomic E-state index is 13.4. The van der Waals surface area contributed by atoms with Crippen molar-refractivity contribution in [2.75, 3.05) is 31.0 Å². The molecule has 1 aliphatic heterocycles. The second kappa shape index (κ2) is 8.45. The number of nitrogens with zero attached hydrogens (tertiary/aromatic N) is 2. The highest BCUT2D eigenvalue weighted by atomic mass is 32.2. The molecule has 3 aliphatic carbocycles. The standard InChI is InChI=1S/C21H25F3N4O4S/c22-21(23,24)15-1-2-17(27-33(30,31)28-9-11-32-12-10-28)16(13-15)18(29)26-20-6-3-19(14-25,4-7-20)5-8-20/h1-2,13,27H,3-12H2,(H,26,29). The van der Waals surface area contributed by atoms with E-state index in [1.165, 1.54) is 0 Å². The number of benzene rings is 1. The average molecular weight is 487 g/mol. The van der Waals surface area contributed by atoms with Gasteiger partial charge in [0.1, 0.15) is 0 Å². The lowest BCUT2D eigenvalue weighted by atomic mass is 9.58. The van der Waals surface area contributed by atoms with Crippen molar-refractivity contribution in [3.05, 3.63) is 29.3 Å². The summed E-state index contributed by atoms with van der Waals surface area (Å²) >= 11 is 0. The third-order valence-corrected chi connectivity index (χ3v) is 8.53. The van der Waals surface area contributed by atoms with Gasteiger partial charge in [-0.25, -0.2) is 0 Å². The molecule has 0 spiro atoms. The predicted molar refractivity (Wildman–Crippen MR) is 112 cm³/mol. The van der Waals surface area contributed by atoms with Crippen molar-refractivity contribution in [2.45, 2.75) is 50.2 Å². The zero-order valence-corrected chi connectivity index (χ0v) is 18.7. The van der Waals surface area contributed by atoms with Gasteiger partial charge in [-0.3, -0.25) is 9.52 Å². The zero-order valence-electron chi connectivity index (χ0n) is 17.9. The Morgan fingerprint density at radius 1 is 1.09 bits per heavy atom. The summed E-state index contributed by atoms with van der Waals surface area (Å²) < 4.78 is 74.2. The second-order valence-electron chi connectivity index (χ2n) is 9.00. The summed E-state index contributed by atoms with van der Waals surface area (Å²) in [4.78, 5) is 13.2. The molecule has 0 atom stereocenters. The minimum absolute atomic E-state index is 0.0985. The van der Waals surface area contributed by atoms with Crippen LogP contribution in [0.1, 0.15) is 54.4 Å². The van der Waals surface area contributed by atoms with Crippen LogP contribution in [0.4, 0.5) is 18.9 Å². The molecule has 4 fully saturated rings. The Labute approximate surface area is 190 Å². The first-order valence-electron chi connectivity index (χ1n) is 10.8. The fourth-order valence-electron chi connectivity index (χ4n) is 4.84. The number of nitrogens with one attached hydrogen (secondary N) is 2. The molecule has 180 valence electrons. The summed E-state index contributed by atoms with van der Waals surface area (Å²) in [7, 11) is -4.09. The molecule has 1 saturated heterocycles. The molecule has 33 heavy (non-hydrogen) atoms. The average Bonchev–Trinajstić information content (AvgIpc) is 2.80. The molecule has 0 radical (unpaired) electrons. The SMILES string of the molecule is N#CC12CCC(NC(=O)c3cc(C(F)(F)F)ccc3NS(=O)(=O)N3CCOCC3)(CC1)CC2. The molecule has 2 N–H and O–H groups in total. The number of rotatable bonds is 5. The minimum Gasteiger partial charge on any atom is -0.379 e. The molecular weight excluding hydrogens is 461 g/mol. The first-order valence-corrected chi connectivity index (χ1v) is 12.2. The second-order valence-corrected chi connectivity index (χ2v) is 10.7. The Bertz CT molecular complexity index is 1050. The van der Waals surface area contributed by atoms with E-state index >= 15 is 0 Å². The Balaban J connectivity index is 1.61. The van der Waals surface area contributed by atoms with Crippen molar-refractivity contribution >= 4 is 21.8 Å². The largest absolute Gasteiger partial charge is 0.416 e. The highest BCUT2D eigenvalue weighted by Gasteiger charge is 2.49. The summed E-state index contributed by atoms with van der Waals surface area (Å²) in [6, 6.07) is 4.76. The van der Waals surface area contributed by atoms with Gasteiger partial charge in [-0.1, -0.05) is 0 Å². The van der Waals surface area contributed by atoms with Crippen molar-refractivity contribution in [2.24, 2.45) is 5.41 Å². The van der Waals surface area contributed by atoms with E-state index < -0.39 is 39.0 Å². The van der Waals surface area contributed by atoms with Gasteiger partial charge in [0.2, 0.25) is 0 Å². The molecular formula is C21H25F3N4O4S. The molecule has 0 aromatic heterocycles. The van der Waals surface area contributed by atoms with E-state index in [0.717, 1.165) is 16.4 Å². The number of nitriles is 1. The predicted octanol–water partition coefficient (Wildman–Crippen LogP) is 3.04. The number of fused-ring (bicyclic) bond motifs is 3. The molecule has 4 aliphatic rings. The molecule has 1 aromatic rings. The van der Waals surface area contributed by atoms with Crippen LogP contribution in [0.25, 0.3) is 0 Å². The van der Waals surface area contributed by atoms with E-state index in [2.05, 4.69) is 16.1 Å². The van der Waals surface area contributed by atoms with Gasteiger partial charge in [0, 0.05) is 18.6 Å². The molecule has 3 saturated carbocycles. The molecule has 12 heteroatoms. The van der Waals surface area contributed by atoms with E-state index in [0.29, 0.717) is 44.6 Å². The van der Waals surface area contributed by atoms with Crippen LogP contribution in [0.15, 0.2) is 18.2 Å². The van der Waals surface area contributed by atoms with E-state index in [9.17, 15) is 31.6 Å². The van der Waals surface area contributed by atoms with Gasteiger partial charge < -0.3 is 10.1 Å². The lowest BCUT2D eigenvalue weighted by Gasteiger charge is -2.50. The van der Waals surface area contributed by atoms with Gasteiger partial charge in [0.15, 0.2) is 0 Å². The number of ether oxygens (including phenoxy) is 1. The first kappa shape index (κ1) is 23.8. The molecule has 8 nitrogen and oxygen atoms in total. The lowest BCUT2D eigenvalue weighted by molar-refractivity contribution is -0.137. The Hall–Kier alpha value is -2.36. The smallest absolute Gasteiger partial charge is 0.379 e. The van der Waals surface area contributed by atoms with Crippen molar-refractivity contribution in [3.8, 4) is 6.07 Å². The summed E-state index contributed by atoms with van der Waals surface area (Å²) in [5.74, 6) is -0.771. The maximum Gasteiger partial charge on any atom is 0.416 e. The first-order chi connectivity index (χ1) is 15.5. The minimum atomic E-state index is -4.70. The topological polar surface area (TPSA) is 112 Å². The third kappa shape index (κ3) is 4.81. The van der Waals surface area contributed by atoms with Gasteiger partial charge in [-0.15, -0.1) is 0 Å². The number of anilines is 1. The van der Waals surface area contributed by atoms with Crippen LogP contribution in [0.3, 0.4) is 0 Å². The number of hydrogen-bond donors (Lipinski definition) is 2. The van der Waals surface area contributed by atoms with Crippen molar-refractivity contribution in [1.82, 2.24) is 9.62 Å². The summed E-state index contributed by atoms with van der Waals surface area (Å²) in [6.07, 6.45) is -1.19. The van der Waals surface area contributed by atoms with E-state index in [1.807, 2.05) is 0 Å². The Kier molecular flexibility index (Phi) is 6.09. The summed E-state index contributed by atoms with van der Waals surface area (Å²) in [5, 5.41) is 12.3. The van der Waals surface area contributed by atoms with Crippen LogP contribution in [-0.2, 0) is 21.1 Å². The van der Waals surface area contributed by atoms with Crippen LogP contribution in [-0.4, -0.2) is 50.5 Å². The number of amides is 1. The highest BCUT2D eigenvalue weighted by Crippen LogP contribution is 2.52. The maximum absolute atomic E-state index is 13.4. The number of alkyl halides is 3. The van der Waals surface area contributed by atoms with Gasteiger partial charge in [0.05, 0.1) is 41.5 Å². The van der Waals surface area contributed by atoms with Crippen molar-refractivity contribution in [3.63, 3.8) is 0 Å². The normalized spacial score (nSPS) is 28.2. The quantitative estimate of drug-likeness (QED) is 0.665. The van der Waals surface area contributed by atoms with Crippen LogP contribution in [0.5, 0.6) is 0 Å². The fraction of sp³-hybridized carbons (Fsp3) is 0.619. The Morgan fingerprint density at radius 3 is 2.24 bits per heavy atom. The van der Waals surface area contributed by atoms with Gasteiger partial charge >= 0.3 is 16.4 Å². The zero-order chi connectivity index (χ0) is 23.9. The molecule has 2 bridgehead atoms. The third-order valence-electron chi connectivity index (χ3n) is 7.00. The molecule has 5 rings (SSSR count). The number of carbonyl (C=O) groups excluding carboxylic acids is 1. The van der Waals surface area contributed by atoms with Crippen LogP contribution < -0.4 is 10.0 Å². The number of halogens is 3. The van der Waals surface area contributed by atoms with Crippen LogP contribution in [0.2, 0.25) is 0 Å². The molecule has 1 aromatic carbocycles. The van der Waals surface area contributed by atoms with Crippen molar-refractivity contribution < 1.29 is 31.1 Å². The van der Waals surface area contributed by atoms with E-state index in [1.54, 1.807) is 0 Å². The highest BCUT2D eigenvalue weighted by molar-refractivity contribution is 7.90. The molecule has 0 unspecified atom stereocenters. The molecule has 1 heterocycles. The monoisotopic (exact) mass is 486 g/mol.